The first-order valence-electron chi connectivity index (χ1n) is 4.99. The highest BCUT2D eigenvalue weighted by Crippen LogP contribution is 2.26. The average Bonchev–Trinajstić information content (AvgIpc) is 2.02. The number of nitrogens with one attached hydrogen (secondary N) is 1. The molecular weight excluding hydrogens is 152 g/mol. The zero-order valence-corrected chi connectivity index (χ0v) is 7.50. The molecule has 1 saturated heterocycles. The predicted octanol–water partition coefficient (Wildman–Crippen LogP) is -0.195. The van der Waals surface area contributed by atoms with Gasteiger partial charge in [0.15, 0.2) is 0 Å². The summed E-state index contributed by atoms with van der Waals surface area (Å²) in [6, 6.07) is 1.16. The van der Waals surface area contributed by atoms with Gasteiger partial charge in [-0.05, 0) is 12.8 Å². The molecule has 0 bridgehead atoms. The summed E-state index contributed by atoms with van der Waals surface area (Å²) in [4.78, 5) is 2.49. The van der Waals surface area contributed by atoms with Crippen molar-refractivity contribution in [3.63, 3.8) is 0 Å². The van der Waals surface area contributed by atoms with Gasteiger partial charge in [-0.3, -0.25) is 4.90 Å². The Morgan fingerprint density at radius 1 is 1.42 bits per heavy atom. The molecule has 2 rings (SSSR count). The Hall–Kier alpha value is -0.120. The first kappa shape index (κ1) is 8.48. The van der Waals surface area contributed by atoms with E-state index in [9.17, 15) is 0 Å². The third-order valence-corrected chi connectivity index (χ3v) is 3.15. The Bertz CT molecular complexity index is 147. The van der Waals surface area contributed by atoms with Crippen molar-refractivity contribution in [1.82, 2.24) is 10.2 Å². The quantitative estimate of drug-likeness (QED) is 0.603. The third kappa shape index (κ3) is 1.49. The summed E-state index contributed by atoms with van der Waals surface area (Å²) in [6.45, 7) is 3.49. The molecule has 1 unspecified atom stereocenters. The van der Waals surface area contributed by atoms with Crippen LogP contribution in [0.25, 0.3) is 0 Å². The summed E-state index contributed by atoms with van der Waals surface area (Å²) in [6.07, 6.45) is 4.07. The predicted molar refractivity (Wildman–Crippen MR) is 48.1 cm³/mol. The fourth-order valence-electron chi connectivity index (χ4n) is 2.15. The molecule has 0 aromatic rings. The first-order valence-corrected chi connectivity index (χ1v) is 4.99. The van der Waals surface area contributed by atoms with Gasteiger partial charge in [0.2, 0.25) is 0 Å². The van der Waals surface area contributed by atoms with Crippen LogP contribution in [0, 0.1) is 0 Å². The van der Waals surface area contributed by atoms with Crippen LogP contribution >= 0.6 is 0 Å². The Balaban J connectivity index is 1.90. The Kier molecular flexibility index (Phi) is 2.63. The van der Waals surface area contributed by atoms with Gasteiger partial charge in [-0.2, -0.15) is 0 Å². The highest BCUT2D eigenvalue weighted by molar-refractivity contribution is 4.88. The molecule has 1 aliphatic heterocycles. The normalized spacial score (nSPS) is 33.2. The van der Waals surface area contributed by atoms with E-state index in [2.05, 4.69) is 10.2 Å². The molecule has 1 saturated carbocycles. The van der Waals surface area contributed by atoms with Crippen LogP contribution < -0.4 is 5.32 Å². The lowest BCUT2D eigenvalue weighted by molar-refractivity contribution is 0.0309. The van der Waals surface area contributed by atoms with E-state index in [0.29, 0.717) is 12.6 Å². The van der Waals surface area contributed by atoms with Crippen LogP contribution in [0.4, 0.5) is 0 Å². The van der Waals surface area contributed by atoms with Crippen LogP contribution in [-0.2, 0) is 0 Å². The molecule has 2 N–H and O–H groups in total. The second kappa shape index (κ2) is 3.73. The number of aliphatic hydroxyl groups is 1. The van der Waals surface area contributed by atoms with E-state index in [1.54, 1.807) is 0 Å². The molecule has 0 radical (unpaired) electrons. The van der Waals surface area contributed by atoms with Crippen LogP contribution in [0.5, 0.6) is 0 Å². The summed E-state index contributed by atoms with van der Waals surface area (Å²) in [5.74, 6) is 0. The van der Waals surface area contributed by atoms with Crippen molar-refractivity contribution in [2.75, 3.05) is 26.2 Å². The van der Waals surface area contributed by atoms with Gasteiger partial charge in [0.1, 0.15) is 0 Å². The minimum Gasteiger partial charge on any atom is -0.395 e. The van der Waals surface area contributed by atoms with E-state index >= 15 is 0 Å². The largest absolute Gasteiger partial charge is 0.395 e. The molecule has 1 heterocycles. The third-order valence-electron chi connectivity index (χ3n) is 3.15. The van der Waals surface area contributed by atoms with Gasteiger partial charge in [-0.1, -0.05) is 6.42 Å². The number of hydrogen-bond acceptors (Lipinski definition) is 3. The van der Waals surface area contributed by atoms with Crippen molar-refractivity contribution in [3.05, 3.63) is 0 Å². The summed E-state index contributed by atoms with van der Waals surface area (Å²) in [5.41, 5.74) is 0. The van der Waals surface area contributed by atoms with Gasteiger partial charge in [0.25, 0.3) is 0 Å². The molecule has 12 heavy (non-hydrogen) atoms. The number of hydrogen-bond donors (Lipinski definition) is 2. The van der Waals surface area contributed by atoms with Crippen molar-refractivity contribution in [1.29, 1.82) is 0 Å². The van der Waals surface area contributed by atoms with Crippen LogP contribution in [0.15, 0.2) is 0 Å². The van der Waals surface area contributed by atoms with Crippen LogP contribution in [0.2, 0.25) is 0 Å². The second-order valence-electron chi connectivity index (χ2n) is 3.86. The maximum absolute atomic E-state index is 9.15. The molecule has 0 aromatic heterocycles. The van der Waals surface area contributed by atoms with E-state index in [0.717, 1.165) is 25.7 Å². The van der Waals surface area contributed by atoms with Gasteiger partial charge < -0.3 is 10.4 Å². The SMILES string of the molecule is OCC1CNCCN1C1CCC1. The van der Waals surface area contributed by atoms with E-state index in [1.807, 2.05) is 0 Å². The fraction of sp³-hybridized carbons (Fsp3) is 1.00. The molecular formula is C9H18N2O. The molecule has 70 valence electrons. The van der Waals surface area contributed by atoms with Crippen LogP contribution in [-0.4, -0.2) is 48.3 Å². The molecule has 1 atom stereocenters. The van der Waals surface area contributed by atoms with Crippen LogP contribution in [0.1, 0.15) is 19.3 Å². The van der Waals surface area contributed by atoms with E-state index < -0.39 is 0 Å². The molecule has 0 aromatic carbocycles. The summed E-state index contributed by atoms with van der Waals surface area (Å²) in [7, 11) is 0. The smallest absolute Gasteiger partial charge is 0.0599 e. The van der Waals surface area contributed by atoms with Gasteiger partial charge in [-0.15, -0.1) is 0 Å². The Labute approximate surface area is 73.8 Å². The first-order chi connectivity index (χ1) is 5.92. The Morgan fingerprint density at radius 2 is 2.25 bits per heavy atom. The zero-order valence-electron chi connectivity index (χ0n) is 7.50. The molecule has 3 heteroatoms. The number of nitrogens with zero attached hydrogens (tertiary/aromatic N) is 1. The standard InChI is InChI=1S/C9H18N2O/c12-7-9-6-10-4-5-11(9)8-2-1-3-8/h8-10,12H,1-7H2. The minimum atomic E-state index is 0.309. The van der Waals surface area contributed by atoms with Gasteiger partial charge in [-0.25, -0.2) is 0 Å². The lowest BCUT2D eigenvalue weighted by Gasteiger charge is -2.44. The fourth-order valence-corrected chi connectivity index (χ4v) is 2.15. The van der Waals surface area contributed by atoms with Crippen molar-refractivity contribution in [2.24, 2.45) is 0 Å². The van der Waals surface area contributed by atoms with Gasteiger partial charge in [0, 0.05) is 31.7 Å². The lowest BCUT2D eigenvalue weighted by atomic mass is 9.90. The number of rotatable bonds is 2. The maximum atomic E-state index is 9.15. The lowest BCUT2D eigenvalue weighted by Crippen LogP contribution is -2.58. The summed E-state index contributed by atoms with van der Waals surface area (Å²) < 4.78 is 0. The molecule has 2 fully saturated rings. The number of aliphatic hydroxyl groups excluding tert-OH is 1. The number of piperazine rings is 1. The highest BCUT2D eigenvalue weighted by atomic mass is 16.3. The molecule has 1 aliphatic carbocycles. The zero-order chi connectivity index (χ0) is 8.39. The Morgan fingerprint density at radius 3 is 2.83 bits per heavy atom. The maximum Gasteiger partial charge on any atom is 0.0599 e. The molecule has 0 amide bonds. The molecule has 3 nitrogen and oxygen atoms in total. The summed E-state index contributed by atoms with van der Waals surface area (Å²) >= 11 is 0. The minimum absolute atomic E-state index is 0.309. The van der Waals surface area contributed by atoms with E-state index in [4.69, 9.17) is 5.11 Å². The van der Waals surface area contributed by atoms with Crippen molar-refractivity contribution < 1.29 is 5.11 Å². The van der Waals surface area contributed by atoms with Crippen molar-refractivity contribution >= 4 is 0 Å². The summed E-state index contributed by atoms with van der Waals surface area (Å²) in [5, 5.41) is 12.5. The van der Waals surface area contributed by atoms with E-state index in [-0.39, 0.29) is 0 Å². The average molecular weight is 170 g/mol. The molecule has 2 aliphatic rings. The molecule has 0 spiro atoms. The monoisotopic (exact) mass is 170 g/mol. The second-order valence-corrected chi connectivity index (χ2v) is 3.86. The van der Waals surface area contributed by atoms with Gasteiger partial charge >= 0.3 is 0 Å². The highest BCUT2D eigenvalue weighted by Gasteiger charge is 2.31. The van der Waals surface area contributed by atoms with E-state index in [1.165, 1.54) is 19.3 Å². The van der Waals surface area contributed by atoms with Crippen LogP contribution in [0.3, 0.4) is 0 Å². The van der Waals surface area contributed by atoms with Crippen molar-refractivity contribution in [3.8, 4) is 0 Å². The van der Waals surface area contributed by atoms with Gasteiger partial charge in [0.05, 0.1) is 6.61 Å². The van der Waals surface area contributed by atoms with Crippen molar-refractivity contribution in [2.45, 2.75) is 31.3 Å². The topological polar surface area (TPSA) is 35.5 Å².